The summed E-state index contributed by atoms with van der Waals surface area (Å²) in [6.07, 6.45) is 2.01. The third kappa shape index (κ3) is 5.04. The third-order valence-corrected chi connectivity index (χ3v) is 6.00. The fraction of sp³-hybridized carbons (Fsp3) is 0.471. The highest BCUT2D eigenvalue weighted by atomic mass is 32.2. The summed E-state index contributed by atoms with van der Waals surface area (Å²) in [5.41, 5.74) is -0.895. The lowest BCUT2D eigenvalue weighted by molar-refractivity contribution is -0.147. The Labute approximate surface area is 157 Å². The summed E-state index contributed by atoms with van der Waals surface area (Å²) in [6, 6.07) is 4.31. The van der Waals surface area contributed by atoms with Crippen molar-refractivity contribution in [3.63, 3.8) is 0 Å². The molecule has 2 amide bonds. The molecule has 1 aromatic carbocycles. The second-order valence-electron chi connectivity index (χ2n) is 6.63. The molecule has 0 saturated heterocycles. The van der Waals surface area contributed by atoms with Crippen molar-refractivity contribution in [1.82, 2.24) is 10.0 Å². The number of aliphatic carboxylic acids is 1. The zero-order valence-corrected chi connectivity index (χ0v) is 15.9. The first-order chi connectivity index (χ1) is 12.6. The van der Waals surface area contributed by atoms with Gasteiger partial charge in [0.15, 0.2) is 0 Å². The standard InChI is InChI=1S/C17H23N3O6S/c1-11(15(22)19-17(16(23)24)9-3-4-10-17)20-27(25,26)14-7-5-13(6-8-14)18-12(2)21/h5-8,11,20H,3-4,9-10H2,1-2H3,(H,18,21)(H,19,22)(H,23,24). The molecule has 2 rings (SSSR count). The molecular formula is C17H23N3O6S. The number of carbonyl (C=O) groups excluding carboxylic acids is 2. The van der Waals surface area contributed by atoms with E-state index in [4.69, 9.17) is 0 Å². The van der Waals surface area contributed by atoms with Crippen molar-refractivity contribution in [2.24, 2.45) is 0 Å². The maximum atomic E-state index is 12.4. The number of amides is 2. The average Bonchev–Trinajstić information content (AvgIpc) is 3.04. The van der Waals surface area contributed by atoms with Crippen molar-refractivity contribution in [2.75, 3.05) is 5.32 Å². The van der Waals surface area contributed by atoms with Crippen molar-refractivity contribution < 1.29 is 27.9 Å². The van der Waals surface area contributed by atoms with Gasteiger partial charge in [-0.05, 0) is 44.0 Å². The number of sulfonamides is 1. The van der Waals surface area contributed by atoms with E-state index in [9.17, 15) is 27.9 Å². The van der Waals surface area contributed by atoms with Gasteiger partial charge in [0.05, 0.1) is 10.9 Å². The van der Waals surface area contributed by atoms with E-state index in [2.05, 4.69) is 15.4 Å². The lowest BCUT2D eigenvalue weighted by Crippen LogP contribution is -2.57. The lowest BCUT2D eigenvalue weighted by atomic mass is 9.97. The second-order valence-corrected chi connectivity index (χ2v) is 8.35. The molecule has 1 aliphatic carbocycles. The van der Waals surface area contributed by atoms with E-state index in [0.717, 1.165) is 0 Å². The lowest BCUT2D eigenvalue weighted by Gasteiger charge is -2.27. The molecule has 0 radical (unpaired) electrons. The molecule has 0 spiro atoms. The van der Waals surface area contributed by atoms with Crippen LogP contribution < -0.4 is 15.4 Å². The number of hydrogen-bond donors (Lipinski definition) is 4. The number of benzene rings is 1. The maximum absolute atomic E-state index is 12.4. The van der Waals surface area contributed by atoms with Crippen molar-refractivity contribution in [2.45, 2.75) is 56.0 Å². The first-order valence-corrected chi connectivity index (χ1v) is 9.99. The number of nitrogens with one attached hydrogen (secondary N) is 3. The maximum Gasteiger partial charge on any atom is 0.329 e. The normalized spacial score (nSPS) is 17.1. The van der Waals surface area contributed by atoms with E-state index in [1.54, 1.807) is 0 Å². The van der Waals surface area contributed by atoms with Crippen LogP contribution >= 0.6 is 0 Å². The van der Waals surface area contributed by atoms with Crippen molar-refractivity contribution in [3.05, 3.63) is 24.3 Å². The molecule has 27 heavy (non-hydrogen) atoms. The molecule has 1 aliphatic rings. The van der Waals surface area contributed by atoms with Crippen LogP contribution in [0.3, 0.4) is 0 Å². The Kier molecular flexibility index (Phi) is 6.22. The number of hydrogen-bond acceptors (Lipinski definition) is 5. The Hall–Kier alpha value is -2.46. The largest absolute Gasteiger partial charge is 0.480 e. The predicted molar refractivity (Wildman–Crippen MR) is 97.5 cm³/mol. The Morgan fingerprint density at radius 2 is 1.67 bits per heavy atom. The van der Waals surface area contributed by atoms with Gasteiger partial charge in [-0.25, -0.2) is 13.2 Å². The van der Waals surface area contributed by atoms with Gasteiger partial charge in [-0.2, -0.15) is 4.72 Å². The summed E-state index contributed by atoms with van der Waals surface area (Å²) < 4.78 is 27.1. The second kappa shape index (κ2) is 8.05. The molecule has 4 N–H and O–H groups in total. The molecule has 0 aliphatic heterocycles. The molecule has 1 saturated carbocycles. The van der Waals surface area contributed by atoms with Gasteiger partial charge >= 0.3 is 5.97 Å². The van der Waals surface area contributed by atoms with Crippen molar-refractivity contribution >= 4 is 33.5 Å². The average molecular weight is 397 g/mol. The molecule has 9 nitrogen and oxygen atoms in total. The quantitative estimate of drug-likeness (QED) is 0.537. The SMILES string of the molecule is CC(=O)Nc1ccc(S(=O)(=O)NC(C)C(=O)NC2(C(=O)O)CCCC2)cc1. The van der Waals surface area contributed by atoms with E-state index in [1.807, 2.05) is 0 Å². The van der Waals surface area contributed by atoms with Gasteiger partial charge in [0.1, 0.15) is 5.54 Å². The number of carboxylic acids is 1. The highest BCUT2D eigenvalue weighted by Crippen LogP contribution is 2.30. The van der Waals surface area contributed by atoms with Crippen LogP contribution in [0.25, 0.3) is 0 Å². The van der Waals surface area contributed by atoms with Crippen LogP contribution in [0.1, 0.15) is 39.5 Å². The van der Waals surface area contributed by atoms with Crippen LogP contribution in [0.4, 0.5) is 5.69 Å². The predicted octanol–water partition coefficient (Wildman–Crippen LogP) is 0.825. The van der Waals surface area contributed by atoms with Gasteiger partial charge in [0.25, 0.3) is 0 Å². The topological polar surface area (TPSA) is 142 Å². The Morgan fingerprint density at radius 3 is 2.15 bits per heavy atom. The Bertz CT molecular complexity index is 829. The monoisotopic (exact) mass is 397 g/mol. The summed E-state index contributed by atoms with van der Waals surface area (Å²) in [4.78, 5) is 34.8. The van der Waals surface area contributed by atoms with Gasteiger partial charge in [-0.3, -0.25) is 9.59 Å². The van der Waals surface area contributed by atoms with E-state index in [1.165, 1.54) is 38.1 Å². The van der Waals surface area contributed by atoms with Crippen LogP contribution in [0, 0.1) is 0 Å². The van der Waals surface area contributed by atoms with E-state index >= 15 is 0 Å². The summed E-state index contributed by atoms with van der Waals surface area (Å²) in [5, 5.41) is 14.4. The van der Waals surface area contributed by atoms with Crippen LogP contribution in [0.15, 0.2) is 29.2 Å². The van der Waals surface area contributed by atoms with Gasteiger partial charge in [-0.1, -0.05) is 12.8 Å². The molecular weight excluding hydrogens is 374 g/mol. The number of anilines is 1. The zero-order chi connectivity index (χ0) is 20.2. The minimum atomic E-state index is -3.99. The van der Waals surface area contributed by atoms with Gasteiger partial charge in [-0.15, -0.1) is 0 Å². The molecule has 1 fully saturated rings. The first kappa shape index (κ1) is 20.8. The number of rotatable bonds is 7. The molecule has 1 atom stereocenters. The molecule has 0 bridgehead atoms. The summed E-state index contributed by atoms with van der Waals surface area (Å²) in [7, 11) is -3.99. The van der Waals surface area contributed by atoms with Crippen LogP contribution in [-0.2, 0) is 24.4 Å². The minimum absolute atomic E-state index is 0.0786. The van der Waals surface area contributed by atoms with Gasteiger partial charge in [0.2, 0.25) is 21.8 Å². The van der Waals surface area contributed by atoms with E-state index in [0.29, 0.717) is 31.4 Å². The fourth-order valence-electron chi connectivity index (χ4n) is 2.99. The van der Waals surface area contributed by atoms with Crippen molar-refractivity contribution in [3.8, 4) is 0 Å². The summed E-state index contributed by atoms with van der Waals surface area (Å²) in [5.74, 6) is -2.09. The molecule has 0 heterocycles. The highest BCUT2D eigenvalue weighted by molar-refractivity contribution is 7.89. The smallest absolute Gasteiger partial charge is 0.329 e. The Morgan fingerprint density at radius 1 is 1.11 bits per heavy atom. The third-order valence-electron chi connectivity index (χ3n) is 4.44. The van der Waals surface area contributed by atoms with E-state index < -0.39 is 33.5 Å². The van der Waals surface area contributed by atoms with Crippen LogP contribution in [0.5, 0.6) is 0 Å². The Balaban J connectivity index is 2.06. The van der Waals surface area contributed by atoms with Gasteiger partial charge < -0.3 is 15.7 Å². The number of carbonyl (C=O) groups is 3. The first-order valence-electron chi connectivity index (χ1n) is 8.51. The fourth-order valence-corrected chi connectivity index (χ4v) is 4.19. The van der Waals surface area contributed by atoms with Crippen LogP contribution in [-0.4, -0.2) is 42.9 Å². The molecule has 10 heteroatoms. The minimum Gasteiger partial charge on any atom is -0.480 e. The molecule has 148 valence electrons. The molecule has 0 aromatic heterocycles. The summed E-state index contributed by atoms with van der Waals surface area (Å²) in [6.45, 7) is 2.68. The molecule has 1 aromatic rings. The highest BCUT2D eigenvalue weighted by Gasteiger charge is 2.43. The summed E-state index contributed by atoms with van der Waals surface area (Å²) >= 11 is 0. The number of carboxylic acid groups (broad SMARTS) is 1. The van der Waals surface area contributed by atoms with Crippen LogP contribution in [0.2, 0.25) is 0 Å². The van der Waals surface area contributed by atoms with E-state index in [-0.39, 0.29) is 10.8 Å². The molecule has 1 unspecified atom stereocenters. The van der Waals surface area contributed by atoms with Crippen molar-refractivity contribution in [1.29, 1.82) is 0 Å². The van der Waals surface area contributed by atoms with Gasteiger partial charge in [0, 0.05) is 12.6 Å². The zero-order valence-electron chi connectivity index (χ0n) is 15.1.